The summed E-state index contributed by atoms with van der Waals surface area (Å²) < 4.78 is 8.44. The average Bonchev–Trinajstić information content (AvgIpc) is 2.80. The first-order chi connectivity index (χ1) is 9.47. The molecule has 20 heavy (non-hydrogen) atoms. The molecule has 0 aliphatic heterocycles. The lowest BCUT2D eigenvalue weighted by Gasteiger charge is -2.12. The van der Waals surface area contributed by atoms with Gasteiger partial charge in [-0.25, -0.2) is 0 Å². The van der Waals surface area contributed by atoms with Gasteiger partial charge in [0.1, 0.15) is 11.0 Å². The van der Waals surface area contributed by atoms with Gasteiger partial charge in [-0.3, -0.25) is 4.79 Å². The van der Waals surface area contributed by atoms with Gasteiger partial charge in [0.05, 0.1) is 17.4 Å². The Bertz CT molecular complexity index is 651. The molecule has 0 atom stereocenters. The number of carbonyl (C=O) groups excluding carboxylic acids is 1. The molecule has 106 valence electrons. The van der Waals surface area contributed by atoms with Crippen molar-refractivity contribution in [2.45, 2.75) is 27.2 Å². The van der Waals surface area contributed by atoms with E-state index >= 15 is 0 Å². The van der Waals surface area contributed by atoms with Gasteiger partial charge in [0.25, 0.3) is 0 Å². The van der Waals surface area contributed by atoms with E-state index in [9.17, 15) is 4.79 Å². The summed E-state index contributed by atoms with van der Waals surface area (Å²) >= 11 is 6.33. The molecule has 0 aliphatic rings. The monoisotopic (exact) mass is 308 g/mol. The quantitative estimate of drug-likeness (QED) is 0.854. The number of aryl methyl sites for hydroxylation is 1. The number of fused-ring (bicyclic) bond motifs is 1. The predicted molar refractivity (Wildman–Crippen MR) is 86.0 cm³/mol. The second-order valence-corrected chi connectivity index (χ2v) is 5.93. The van der Waals surface area contributed by atoms with E-state index in [4.69, 9.17) is 12.2 Å². The molecule has 2 rings (SSSR count). The van der Waals surface area contributed by atoms with Gasteiger partial charge in [0.2, 0.25) is 5.91 Å². The van der Waals surface area contributed by atoms with Crippen molar-refractivity contribution in [2.75, 3.05) is 5.32 Å². The summed E-state index contributed by atoms with van der Waals surface area (Å²) in [6.07, 6.45) is 0.448. The maximum Gasteiger partial charge on any atom is 0.226 e. The van der Waals surface area contributed by atoms with Crippen LogP contribution in [0.1, 0.15) is 25.8 Å². The third-order valence-electron chi connectivity index (χ3n) is 2.72. The van der Waals surface area contributed by atoms with Crippen LogP contribution in [0.2, 0.25) is 0 Å². The van der Waals surface area contributed by atoms with Crippen LogP contribution in [-0.2, 0) is 4.79 Å². The number of amides is 1. The van der Waals surface area contributed by atoms with Gasteiger partial charge in [0.15, 0.2) is 5.11 Å². The van der Waals surface area contributed by atoms with Crippen LogP contribution in [-0.4, -0.2) is 19.8 Å². The van der Waals surface area contributed by atoms with Crippen molar-refractivity contribution in [1.29, 1.82) is 0 Å². The van der Waals surface area contributed by atoms with Gasteiger partial charge >= 0.3 is 0 Å². The zero-order chi connectivity index (χ0) is 14.7. The number of benzene rings is 1. The Morgan fingerprint density at radius 2 is 2.15 bits per heavy atom. The van der Waals surface area contributed by atoms with Crippen molar-refractivity contribution >= 4 is 51.7 Å². The molecular formula is C13H16N4OS2. The number of rotatable bonds is 3. The number of nitrogens with zero attached hydrogens (tertiary/aromatic N) is 2. The van der Waals surface area contributed by atoms with Gasteiger partial charge < -0.3 is 10.6 Å². The number of aromatic nitrogens is 2. The minimum Gasteiger partial charge on any atom is -0.330 e. The van der Waals surface area contributed by atoms with Crippen molar-refractivity contribution in [3.63, 3.8) is 0 Å². The summed E-state index contributed by atoms with van der Waals surface area (Å²) in [5.41, 5.74) is 3.40. The molecule has 0 saturated carbocycles. The Morgan fingerprint density at radius 3 is 2.85 bits per heavy atom. The lowest BCUT2D eigenvalue weighted by molar-refractivity contribution is -0.120. The minimum absolute atomic E-state index is 0.0845. The fourth-order valence-electron chi connectivity index (χ4n) is 1.80. The van der Waals surface area contributed by atoms with E-state index < -0.39 is 0 Å². The summed E-state index contributed by atoms with van der Waals surface area (Å²) in [4.78, 5) is 11.7. The van der Waals surface area contributed by atoms with E-state index in [-0.39, 0.29) is 5.91 Å². The van der Waals surface area contributed by atoms with E-state index in [0.717, 1.165) is 34.0 Å². The Balaban J connectivity index is 2.12. The third-order valence-corrected chi connectivity index (χ3v) is 3.47. The first-order valence-electron chi connectivity index (χ1n) is 6.30. The molecule has 0 fully saturated rings. The normalized spacial score (nSPS) is 10.8. The second kappa shape index (κ2) is 6.23. The van der Waals surface area contributed by atoms with Crippen molar-refractivity contribution < 1.29 is 4.79 Å². The highest BCUT2D eigenvalue weighted by Crippen LogP contribution is 2.25. The molecule has 0 aliphatic carbocycles. The number of hydrogen-bond acceptors (Lipinski definition) is 5. The van der Waals surface area contributed by atoms with Crippen LogP contribution >= 0.6 is 23.9 Å². The molecule has 7 heteroatoms. The van der Waals surface area contributed by atoms with Crippen LogP contribution in [0.5, 0.6) is 0 Å². The summed E-state index contributed by atoms with van der Waals surface area (Å²) in [5, 5.41) is 6.02. The molecule has 0 saturated heterocycles. The number of hydrogen-bond donors (Lipinski definition) is 2. The van der Waals surface area contributed by atoms with E-state index in [2.05, 4.69) is 19.4 Å². The van der Waals surface area contributed by atoms with Gasteiger partial charge in [-0.05, 0) is 36.7 Å². The molecule has 1 aromatic carbocycles. The molecule has 2 aromatic rings. The number of nitrogens with one attached hydrogen (secondary N) is 2. The van der Waals surface area contributed by atoms with Gasteiger partial charge in [0, 0.05) is 6.42 Å². The Labute approximate surface area is 127 Å². The van der Waals surface area contributed by atoms with Crippen LogP contribution in [0.25, 0.3) is 11.0 Å². The largest absolute Gasteiger partial charge is 0.330 e. The zero-order valence-electron chi connectivity index (χ0n) is 11.6. The number of thiocarbonyl (C=S) groups is 1. The van der Waals surface area contributed by atoms with Gasteiger partial charge in [-0.15, -0.1) is 0 Å². The summed E-state index contributed by atoms with van der Waals surface area (Å²) in [6, 6.07) is 3.87. The molecule has 0 bridgehead atoms. The molecule has 0 spiro atoms. The first kappa shape index (κ1) is 14.8. The topological polar surface area (TPSA) is 66.9 Å². The van der Waals surface area contributed by atoms with E-state index in [0.29, 0.717) is 17.5 Å². The molecule has 1 amide bonds. The van der Waals surface area contributed by atoms with E-state index in [1.807, 2.05) is 32.9 Å². The van der Waals surface area contributed by atoms with Crippen molar-refractivity contribution in [3.05, 3.63) is 17.7 Å². The van der Waals surface area contributed by atoms with Crippen molar-refractivity contribution in [1.82, 2.24) is 14.1 Å². The van der Waals surface area contributed by atoms with Crippen molar-refractivity contribution in [2.24, 2.45) is 5.92 Å². The zero-order valence-corrected chi connectivity index (χ0v) is 13.2. The van der Waals surface area contributed by atoms with Gasteiger partial charge in [-0.2, -0.15) is 8.75 Å². The van der Waals surface area contributed by atoms with Gasteiger partial charge in [-0.1, -0.05) is 19.9 Å². The molecule has 0 radical (unpaired) electrons. The highest BCUT2D eigenvalue weighted by atomic mass is 32.1. The summed E-state index contributed by atoms with van der Waals surface area (Å²) in [7, 11) is 0. The number of anilines is 1. The van der Waals surface area contributed by atoms with Crippen LogP contribution in [0.3, 0.4) is 0 Å². The minimum atomic E-state index is -0.0845. The lowest BCUT2D eigenvalue weighted by Crippen LogP contribution is -2.34. The van der Waals surface area contributed by atoms with Crippen molar-refractivity contribution in [3.8, 4) is 0 Å². The molecule has 1 aromatic heterocycles. The fourth-order valence-corrected chi connectivity index (χ4v) is 2.56. The molecule has 5 nitrogen and oxygen atoms in total. The SMILES string of the molecule is Cc1ccc2nsnc2c1NC(=S)NC(=O)CC(C)C. The number of carbonyl (C=O) groups is 1. The molecular weight excluding hydrogens is 292 g/mol. The fraction of sp³-hybridized carbons (Fsp3) is 0.385. The molecule has 1 heterocycles. The second-order valence-electron chi connectivity index (χ2n) is 4.99. The lowest BCUT2D eigenvalue weighted by atomic mass is 10.1. The maximum atomic E-state index is 11.7. The predicted octanol–water partition coefficient (Wildman–Crippen LogP) is 2.86. The standard InChI is InChI=1S/C13H16N4OS2/c1-7(2)6-10(18)14-13(19)15-11-8(3)4-5-9-12(11)17-20-16-9/h4-5,7H,6H2,1-3H3,(H2,14,15,18,19). The Kier molecular flexibility index (Phi) is 4.61. The summed E-state index contributed by atoms with van der Waals surface area (Å²) in [5.74, 6) is 0.212. The van der Waals surface area contributed by atoms with Crippen LogP contribution in [0, 0.1) is 12.8 Å². The average molecular weight is 308 g/mol. The molecule has 0 unspecified atom stereocenters. The Morgan fingerprint density at radius 1 is 1.40 bits per heavy atom. The Hall–Kier alpha value is -1.60. The van der Waals surface area contributed by atoms with Crippen LogP contribution in [0.15, 0.2) is 12.1 Å². The maximum absolute atomic E-state index is 11.7. The summed E-state index contributed by atoms with van der Waals surface area (Å²) in [6.45, 7) is 5.93. The first-order valence-corrected chi connectivity index (χ1v) is 7.44. The van der Waals surface area contributed by atoms with Crippen LogP contribution < -0.4 is 10.6 Å². The van der Waals surface area contributed by atoms with E-state index in [1.54, 1.807) is 0 Å². The smallest absolute Gasteiger partial charge is 0.226 e. The highest BCUT2D eigenvalue weighted by Gasteiger charge is 2.12. The highest BCUT2D eigenvalue weighted by molar-refractivity contribution is 7.80. The third kappa shape index (κ3) is 3.49. The van der Waals surface area contributed by atoms with Crippen LogP contribution in [0.4, 0.5) is 5.69 Å². The van der Waals surface area contributed by atoms with E-state index in [1.165, 1.54) is 0 Å². The molecule has 2 N–H and O–H groups in total.